The molecule has 0 radical (unpaired) electrons. The van der Waals surface area contributed by atoms with Crippen molar-refractivity contribution in [3.05, 3.63) is 69.3 Å². The Hall–Kier alpha value is -2.87. The van der Waals surface area contributed by atoms with Gasteiger partial charge in [0.25, 0.3) is 5.91 Å². The van der Waals surface area contributed by atoms with Gasteiger partial charge in [-0.15, -0.1) is 0 Å². The first kappa shape index (κ1) is 22.9. The smallest absolute Gasteiger partial charge is 0.268 e. The maximum atomic E-state index is 13.4. The fourth-order valence-corrected chi connectivity index (χ4v) is 5.15. The molecule has 5 rings (SSSR count). The molecule has 2 aliphatic rings. The Bertz CT molecular complexity index is 1290. The van der Waals surface area contributed by atoms with Crippen molar-refractivity contribution in [1.29, 1.82) is 0 Å². The molecule has 9 heteroatoms. The number of fused-ring (bicyclic) bond motifs is 2. The van der Waals surface area contributed by atoms with Gasteiger partial charge in [0.15, 0.2) is 5.72 Å². The van der Waals surface area contributed by atoms with Crippen LogP contribution in [-0.2, 0) is 12.0 Å². The number of benzene rings is 2. The molecule has 34 heavy (non-hydrogen) atoms. The van der Waals surface area contributed by atoms with Crippen LogP contribution in [0.5, 0.6) is 5.88 Å². The van der Waals surface area contributed by atoms with Gasteiger partial charge in [-0.3, -0.25) is 9.69 Å². The molecular weight excluding hydrogens is 473 g/mol. The van der Waals surface area contributed by atoms with Gasteiger partial charge in [-0.25, -0.2) is 4.98 Å². The molecule has 0 saturated carbocycles. The Kier molecular flexibility index (Phi) is 5.47. The van der Waals surface area contributed by atoms with Crippen molar-refractivity contribution in [3.8, 4) is 5.88 Å². The fourth-order valence-electron chi connectivity index (χ4n) is 4.58. The number of hydrogen-bond donors (Lipinski definition) is 2. The van der Waals surface area contributed by atoms with Crippen LogP contribution in [0.15, 0.2) is 42.6 Å². The van der Waals surface area contributed by atoms with E-state index < -0.39 is 5.72 Å². The zero-order chi connectivity index (χ0) is 24.3. The minimum Gasteiger partial charge on any atom is -0.450 e. The van der Waals surface area contributed by atoms with Crippen molar-refractivity contribution in [2.75, 3.05) is 16.8 Å². The van der Waals surface area contributed by atoms with Gasteiger partial charge < -0.3 is 15.4 Å². The molecule has 0 unspecified atom stereocenters. The molecule has 0 saturated heterocycles. The lowest BCUT2D eigenvalue weighted by atomic mass is 9.79. The molecule has 1 amide bonds. The molecule has 3 heterocycles. The number of carbonyl (C=O) groups excluding carboxylic acids is 1. The largest absolute Gasteiger partial charge is 0.450 e. The molecule has 0 bridgehead atoms. The summed E-state index contributed by atoms with van der Waals surface area (Å²) in [5, 5.41) is 7.40. The van der Waals surface area contributed by atoms with Crippen LogP contribution < -0.4 is 20.3 Å². The first-order valence-electron chi connectivity index (χ1n) is 11.0. The third-order valence-electron chi connectivity index (χ3n) is 6.21. The van der Waals surface area contributed by atoms with E-state index in [9.17, 15) is 4.79 Å². The highest BCUT2D eigenvalue weighted by molar-refractivity contribution is 6.40. The number of nitrogens with one attached hydrogen (secondary N) is 2. The van der Waals surface area contributed by atoms with Crippen LogP contribution in [0, 0.1) is 0 Å². The average Bonchev–Trinajstić information content (AvgIpc) is 2.75. The summed E-state index contributed by atoms with van der Waals surface area (Å²) in [7, 11) is 0. The molecule has 2 aliphatic heterocycles. The Labute approximate surface area is 208 Å². The number of ether oxygens (including phenoxy) is 1. The number of hydrogen-bond acceptors (Lipinski definition) is 6. The van der Waals surface area contributed by atoms with Crippen molar-refractivity contribution < 1.29 is 9.53 Å². The number of rotatable bonds is 3. The molecule has 2 N–H and O–H groups in total. The highest BCUT2D eigenvalue weighted by Gasteiger charge is 2.43. The van der Waals surface area contributed by atoms with E-state index in [4.69, 9.17) is 27.9 Å². The third kappa shape index (κ3) is 3.87. The van der Waals surface area contributed by atoms with Gasteiger partial charge in [-0.05, 0) is 49.2 Å². The Balaban J connectivity index is 1.46. The highest BCUT2D eigenvalue weighted by atomic mass is 35.5. The predicted molar refractivity (Wildman–Crippen MR) is 134 cm³/mol. The van der Waals surface area contributed by atoms with E-state index in [1.54, 1.807) is 32.0 Å². The molecule has 3 aromatic rings. The third-order valence-corrected chi connectivity index (χ3v) is 6.82. The second kappa shape index (κ2) is 8.12. The standard InChI is InChI=1S/C25H25Cl2N5O2/c1-24(2)13-28-11-14-10-15(8-9-17(14)24)30-23-29-12-16-21(31-23)34-25(3,4)32(22(16)33)20-18(26)6-5-7-19(20)27/h5-10,12,28H,11,13H2,1-4H3,(H,29,30,31). The molecule has 0 aliphatic carbocycles. The molecule has 176 valence electrons. The van der Waals surface area contributed by atoms with E-state index in [0.29, 0.717) is 21.7 Å². The molecule has 0 atom stereocenters. The van der Waals surface area contributed by atoms with Gasteiger partial charge in [0.05, 0.1) is 15.7 Å². The minimum absolute atomic E-state index is 0.0740. The van der Waals surface area contributed by atoms with E-state index in [-0.39, 0.29) is 22.8 Å². The van der Waals surface area contributed by atoms with Crippen molar-refractivity contribution in [1.82, 2.24) is 15.3 Å². The zero-order valence-corrected chi connectivity index (χ0v) is 20.9. The number of halogens is 2. The summed E-state index contributed by atoms with van der Waals surface area (Å²) in [4.78, 5) is 23.8. The van der Waals surface area contributed by atoms with E-state index in [1.165, 1.54) is 22.2 Å². The van der Waals surface area contributed by atoms with E-state index in [2.05, 4.69) is 46.6 Å². The summed E-state index contributed by atoms with van der Waals surface area (Å²) in [5.41, 5.74) is 3.05. The van der Waals surface area contributed by atoms with Crippen molar-refractivity contribution >= 4 is 46.4 Å². The van der Waals surface area contributed by atoms with E-state index in [1.807, 2.05) is 6.07 Å². The van der Waals surface area contributed by atoms with Gasteiger partial charge >= 0.3 is 0 Å². The molecule has 1 aromatic heterocycles. The number of nitrogens with zero attached hydrogens (tertiary/aromatic N) is 3. The van der Waals surface area contributed by atoms with Gasteiger partial charge in [-0.2, -0.15) is 4.98 Å². The lowest BCUT2D eigenvalue weighted by Crippen LogP contribution is -2.55. The lowest BCUT2D eigenvalue weighted by Gasteiger charge is -2.42. The Morgan fingerprint density at radius 1 is 1.12 bits per heavy atom. The Morgan fingerprint density at radius 3 is 2.59 bits per heavy atom. The van der Waals surface area contributed by atoms with Crippen LogP contribution in [0.3, 0.4) is 0 Å². The zero-order valence-electron chi connectivity index (χ0n) is 19.4. The SMILES string of the molecule is CC1(C)CNCc2cc(Nc3ncc4c(n3)OC(C)(C)N(c3c(Cl)cccc3Cl)C4=O)ccc21. The fraction of sp³-hybridized carbons (Fsp3) is 0.320. The van der Waals surface area contributed by atoms with Crippen molar-refractivity contribution in [3.63, 3.8) is 0 Å². The summed E-state index contributed by atoms with van der Waals surface area (Å²) < 4.78 is 6.15. The van der Waals surface area contributed by atoms with Crippen LogP contribution in [-0.4, -0.2) is 28.1 Å². The number of amides is 1. The van der Waals surface area contributed by atoms with E-state index in [0.717, 1.165) is 18.8 Å². The minimum atomic E-state index is -1.08. The summed E-state index contributed by atoms with van der Waals surface area (Å²) >= 11 is 12.8. The molecule has 0 spiro atoms. The molecule has 2 aromatic carbocycles. The maximum absolute atomic E-state index is 13.4. The first-order chi connectivity index (χ1) is 16.1. The number of para-hydroxylation sites is 1. The monoisotopic (exact) mass is 497 g/mol. The van der Waals surface area contributed by atoms with Gasteiger partial charge in [0.2, 0.25) is 11.8 Å². The average molecular weight is 498 g/mol. The predicted octanol–water partition coefficient (Wildman–Crippen LogP) is 5.68. The summed E-state index contributed by atoms with van der Waals surface area (Å²) in [6.07, 6.45) is 1.46. The molecular formula is C25H25Cl2N5O2. The topological polar surface area (TPSA) is 79.4 Å². The van der Waals surface area contributed by atoms with Crippen molar-refractivity contribution in [2.45, 2.75) is 45.4 Å². The van der Waals surface area contributed by atoms with Crippen LogP contribution in [0.2, 0.25) is 10.0 Å². The van der Waals surface area contributed by atoms with Gasteiger partial charge in [0.1, 0.15) is 5.56 Å². The van der Waals surface area contributed by atoms with E-state index >= 15 is 0 Å². The summed E-state index contributed by atoms with van der Waals surface area (Å²) in [6, 6.07) is 11.4. The first-order valence-corrected chi connectivity index (χ1v) is 11.8. The van der Waals surface area contributed by atoms with Crippen molar-refractivity contribution in [2.24, 2.45) is 0 Å². The lowest BCUT2D eigenvalue weighted by molar-refractivity contribution is 0.0606. The van der Waals surface area contributed by atoms with Gasteiger partial charge in [-0.1, -0.05) is 49.2 Å². The number of anilines is 3. The summed E-state index contributed by atoms with van der Waals surface area (Å²) in [5.74, 6) is 0.206. The highest BCUT2D eigenvalue weighted by Crippen LogP contribution is 2.42. The molecule has 7 nitrogen and oxygen atoms in total. The van der Waals surface area contributed by atoms with Crippen LogP contribution >= 0.6 is 23.2 Å². The maximum Gasteiger partial charge on any atom is 0.268 e. The number of carbonyl (C=O) groups is 1. The van der Waals surface area contributed by atoms with Crippen LogP contribution in [0.1, 0.15) is 49.2 Å². The molecule has 0 fully saturated rings. The second-order valence-corrected chi connectivity index (χ2v) is 10.5. The van der Waals surface area contributed by atoms with Crippen LogP contribution in [0.4, 0.5) is 17.3 Å². The second-order valence-electron chi connectivity index (χ2n) is 9.66. The quantitative estimate of drug-likeness (QED) is 0.484. The van der Waals surface area contributed by atoms with Gasteiger partial charge in [0, 0.05) is 30.4 Å². The Morgan fingerprint density at radius 2 is 1.85 bits per heavy atom. The van der Waals surface area contributed by atoms with Crippen LogP contribution in [0.25, 0.3) is 0 Å². The summed E-state index contributed by atoms with van der Waals surface area (Å²) in [6.45, 7) is 9.74. The normalized spacial score (nSPS) is 18.1. The number of aromatic nitrogens is 2.